The van der Waals surface area contributed by atoms with Crippen LogP contribution in [-0.4, -0.2) is 37.4 Å². The first-order valence-electron chi connectivity index (χ1n) is 6.91. The number of alkyl halides is 3. The van der Waals surface area contributed by atoms with Gasteiger partial charge in [0.2, 0.25) is 5.91 Å². The zero-order chi connectivity index (χ0) is 16.3. The molecule has 1 aromatic rings. The number of hydrogen-bond donors (Lipinski definition) is 2. The number of nitrogens with one attached hydrogen (secondary N) is 1. The Morgan fingerprint density at radius 1 is 1.50 bits per heavy atom. The Morgan fingerprint density at radius 2 is 2.23 bits per heavy atom. The fourth-order valence-corrected chi connectivity index (χ4v) is 2.32. The van der Waals surface area contributed by atoms with Gasteiger partial charge in [0, 0.05) is 30.9 Å². The third-order valence-corrected chi connectivity index (χ3v) is 3.36. The van der Waals surface area contributed by atoms with Gasteiger partial charge in [-0.25, -0.2) is 0 Å². The number of carbonyl (C=O) groups excluding carboxylic acids is 1. The highest BCUT2D eigenvalue weighted by Crippen LogP contribution is 2.28. The first-order chi connectivity index (χ1) is 10.2. The summed E-state index contributed by atoms with van der Waals surface area (Å²) < 4.78 is 40.6. The Bertz CT molecular complexity index is 534. The van der Waals surface area contributed by atoms with E-state index in [0.29, 0.717) is 25.2 Å². The number of rotatable bonds is 4. The van der Waals surface area contributed by atoms with E-state index in [0.717, 1.165) is 0 Å². The molecular formula is C14H18F3N3O2. The number of hydrogen-bond acceptors (Lipinski definition) is 4. The van der Waals surface area contributed by atoms with E-state index in [9.17, 15) is 18.0 Å². The predicted octanol–water partition coefficient (Wildman–Crippen LogP) is 1.63. The second-order valence-electron chi connectivity index (χ2n) is 5.27. The molecule has 2 unspecified atom stereocenters. The van der Waals surface area contributed by atoms with Crippen LogP contribution in [0.4, 0.5) is 18.9 Å². The SMILES string of the molecule is CC(N)C(=O)NC1CCN(c2cccc(OC(F)(F)F)c2)C1. The van der Waals surface area contributed by atoms with Gasteiger partial charge in [-0.3, -0.25) is 4.79 Å². The standard InChI is InChI=1S/C14H18F3N3O2/c1-9(18)13(21)19-10-5-6-20(8-10)11-3-2-4-12(7-11)22-14(15,16)17/h2-4,7,9-10H,5-6,8,18H2,1H3,(H,19,21). The van der Waals surface area contributed by atoms with Crippen LogP contribution < -0.4 is 20.7 Å². The highest BCUT2D eigenvalue weighted by atomic mass is 19.4. The van der Waals surface area contributed by atoms with Gasteiger partial charge in [-0.2, -0.15) is 0 Å². The summed E-state index contributed by atoms with van der Waals surface area (Å²) in [5.74, 6) is -0.492. The molecule has 1 amide bonds. The Balaban J connectivity index is 1.98. The van der Waals surface area contributed by atoms with E-state index in [1.165, 1.54) is 18.2 Å². The average Bonchev–Trinajstić information content (AvgIpc) is 2.85. The van der Waals surface area contributed by atoms with E-state index < -0.39 is 12.4 Å². The molecule has 1 fully saturated rings. The van der Waals surface area contributed by atoms with E-state index >= 15 is 0 Å². The summed E-state index contributed by atoms with van der Waals surface area (Å²) >= 11 is 0. The zero-order valence-electron chi connectivity index (χ0n) is 12.1. The van der Waals surface area contributed by atoms with E-state index in [-0.39, 0.29) is 17.7 Å². The monoisotopic (exact) mass is 317 g/mol. The lowest BCUT2D eigenvalue weighted by atomic mass is 10.2. The molecule has 0 aliphatic carbocycles. The van der Waals surface area contributed by atoms with Crippen molar-refractivity contribution in [2.24, 2.45) is 5.73 Å². The van der Waals surface area contributed by atoms with Crippen LogP contribution in [0, 0.1) is 0 Å². The van der Waals surface area contributed by atoms with Gasteiger partial charge < -0.3 is 20.7 Å². The molecule has 5 nitrogen and oxygen atoms in total. The molecule has 1 aliphatic rings. The van der Waals surface area contributed by atoms with Crippen molar-refractivity contribution in [2.45, 2.75) is 31.8 Å². The maximum atomic E-state index is 12.2. The lowest BCUT2D eigenvalue weighted by Crippen LogP contribution is -2.44. The van der Waals surface area contributed by atoms with Crippen LogP contribution in [-0.2, 0) is 4.79 Å². The molecule has 122 valence electrons. The quantitative estimate of drug-likeness (QED) is 0.886. The summed E-state index contributed by atoms with van der Waals surface area (Å²) in [6, 6.07) is 5.15. The summed E-state index contributed by atoms with van der Waals surface area (Å²) in [6.45, 7) is 2.76. The third kappa shape index (κ3) is 4.52. The smallest absolute Gasteiger partial charge is 0.406 e. The highest BCUT2D eigenvalue weighted by Gasteiger charge is 2.31. The van der Waals surface area contributed by atoms with Crippen molar-refractivity contribution in [1.29, 1.82) is 0 Å². The molecular weight excluding hydrogens is 299 g/mol. The van der Waals surface area contributed by atoms with Gasteiger partial charge in [0.1, 0.15) is 5.75 Å². The molecule has 0 bridgehead atoms. The number of amides is 1. The summed E-state index contributed by atoms with van der Waals surface area (Å²) in [7, 11) is 0. The van der Waals surface area contributed by atoms with Crippen LogP contribution >= 0.6 is 0 Å². The molecule has 0 saturated carbocycles. The predicted molar refractivity (Wildman–Crippen MR) is 75.5 cm³/mol. The van der Waals surface area contributed by atoms with Gasteiger partial charge in [-0.1, -0.05) is 6.07 Å². The fraction of sp³-hybridized carbons (Fsp3) is 0.500. The average molecular weight is 317 g/mol. The van der Waals surface area contributed by atoms with Gasteiger partial charge in [0.05, 0.1) is 6.04 Å². The minimum absolute atomic E-state index is 0.0642. The van der Waals surface area contributed by atoms with E-state index in [1.807, 2.05) is 4.90 Å². The number of nitrogens with two attached hydrogens (primary N) is 1. The van der Waals surface area contributed by atoms with Gasteiger partial charge in [-0.05, 0) is 25.5 Å². The van der Waals surface area contributed by atoms with Crippen LogP contribution in [0.2, 0.25) is 0 Å². The van der Waals surface area contributed by atoms with E-state index in [4.69, 9.17) is 5.73 Å². The topological polar surface area (TPSA) is 67.6 Å². The maximum absolute atomic E-state index is 12.2. The van der Waals surface area contributed by atoms with Crippen LogP contribution in [0.15, 0.2) is 24.3 Å². The van der Waals surface area contributed by atoms with Crippen molar-refractivity contribution in [1.82, 2.24) is 5.32 Å². The summed E-state index contributed by atoms with van der Waals surface area (Å²) in [6.07, 6.45) is -4.00. The molecule has 8 heteroatoms. The van der Waals surface area contributed by atoms with Crippen molar-refractivity contribution in [3.63, 3.8) is 0 Å². The van der Waals surface area contributed by atoms with Crippen LogP contribution in [0.25, 0.3) is 0 Å². The van der Waals surface area contributed by atoms with Crippen molar-refractivity contribution in [3.05, 3.63) is 24.3 Å². The van der Waals surface area contributed by atoms with Crippen molar-refractivity contribution < 1.29 is 22.7 Å². The first-order valence-corrected chi connectivity index (χ1v) is 6.91. The van der Waals surface area contributed by atoms with Crippen molar-refractivity contribution in [2.75, 3.05) is 18.0 Å². The molecule has 0 radical (unpaired) electrons. The molecule has 1 heterocycles. The maximum Gasteiger partial charge on any atom is 0.573 e. The third-order valence-electron chi connectivity index (χ3n) is 3.36. The van der Waals surface area contributed by atoms with Crippen LogP contribution in [0.3, 0.4) is 0 Å². The van der Waals surface area contributed by atoms with Crippen LogP contribution in [0.5, 0.6) is 5.75 Å². The highest BCUT2D eigenvalue weighted by molar-refractivity contribution is 5.81. The van der Waals surface area contributed by atoms with E-state index in [2.05, 4.69) is 10.1 Å². The molecule has 1 saturated heterocycles. The normalized spacial score (nSPS) is 19.9. The Kier molecular flexibility index (Phi) is 4.80. The minimum Gasteiger partial charge on any atom is -0.406 e. The minimum atomic E-state index is -4.71. The molecule has 0 aromatic heterocycles. The Morgan fingerprint density at radius 3 is 2.86 bits per heavy atom. The van der Waals surface area contributed by atoms with Gasteiger partial charge in [0.25, 0.3) is 0 Å². The fourth-order valence-electron chi connectivity index (χ4n) is 2.32. The number of nitrogens with zero attached hydrogens (tertiary/aromatic N) is 1. The summed E-state index contributed by atoms with van der Waals surface area (Å²) in [5, 5.41) is 2.81. The lowest BCUT2D eigenvalue weighted by Gasteiger charge is -2.20. The number of anilines is 1. The van der Waals surface area contributed by atoms with Gasteiger partial charge >= 0.3 is 6.36 Å². The molecule has 0 spiro atoms. The number of halogens is 3. The number of benzene rings is 1. The van der Waals surface area contributed by atoms with Crippen molar-refractivity contribution in [3.8, 4) is 5.75 Å². The summed E-state index contributed by atoms with van der Waals surface area (Å²) in [4.78, 5) is 13.5. The number of ether oxygens (including phenoxy) is 1. The largest absolute Gasteiger partial charge is 0.573 e. The molecule has 2 atom stereocenters. The van der Waals surface area contributed by atoms with Gasteiger partial charge in [0.15, 0.2) is 0 Å². The van der Waals surface area contributed by atoms with E-state index in [1.54, 1.807) is 13.0 Å². The van der Waals surface area contributed by atoms with Gasteiger partial charge in [-0.15, -0.1) is 13.2 Å². The Hall–Kier alpha value is -1.96. The zero-order valence-corrected chi connectivity index (χ0v) is 12.1. The van der Waals surface area contributed by atoms with Crippen molar-refractivity contribution >= 4 is 11.6 Å². The second-order valence-corrected chi connectivity index (χ2v) is 5.27. The lowest BCUT2D eigenvalue weighted by molar-refractivity contribution is -0.274. The molecule has 1 aliphatic heterocycles. The number of carbonyl (C=O) groups is 1. The second kappa shape index (κ2) is 6.43. The van der Waals surface area contributed by atoms with Crippen LogP contribution in [0.1, 0.15) is 13.3 Å². The summed E-state index contributed by atoms with van der Waals surface area (Å²) in [5.41, 5.74) is 6.11. The Labute approximate surface area is 126 Å². The molecule has 2 rings (SSSR count). The molecule has 22 heavy (non-hydrogen) atoms. The molecule has 1 aromatic carbocycles. The molecule has 3 N–H and O–H groups in total. The first kappa shape index (κ1) is 16.4.